The number of carbonyl (C=O) groups is 2. The van der Waals surface area contributed by atoms with Crippen LogP contribution in [0.5, 0.6) is 5.75 Å². The molecule has 1 unspecified atom stereocenters. The van der Waals surface area contributed by atoms with Crippen molar-refractivity contribution >= 4 is 25.9 Å². The standard InChI is InChI=1S/C30H47N3O5Si/c1-20(34)33-19-30(13-15-32(16-14-30)27(35)38-28(2,3)4)25-22-12-11-21(36-8)17-23(22)31-26(25)24(33)18-37-39(9,10)29(5,6)7/h11-12,17,24,26H,13-16,18-19H2,1-10H3/t24-,26?/m0/s1. The molecule has 0 bridgehead atoms. The third-order valence-electron chi connectivity index (χ3n) is 9.08. The van der Waals surface area contributed by atoms with Gasteiger partial charge < -0.3 is 23.7 Å². The normalized spacial score (nSPS) is 22.8. The second kappa shape index (κ2) is 10.2. The summed E-state index contributed by atoms with van der Waals surface area (Å²) in [6.07, 6.45) is 1.22. The van der Waals surface area contributed by atoms with Crippen LogP contribution in [0.3, 0.4) is 0 Å². The van der Waals surface area contributed by atoms with E-state index in [0.29, 0.717) is 26.2 Å². The van der Waals surface area contributed by atoms with Crippen LogP contribution in [0.2, 0.25) is 18.1 Å². The molecule has 1 aromatic carbocycles. The number of amides is 2. The molecule has 1 spiro atoms. The number of rotatable bonds is 4. The molecule has 216 valence electrons. The highest BCUT2D eigenvalue weighted by atomic mass is 28.4. The molecule has 2 saturated heterocycles. The molecule has 2 fully saturated rings. The molecule has 9 heteroatoms. The van der Waals surface area contributed by atoms with Crippen molar-refractivity contribution in [1.82, 2.24) is 9.80 Å². The first kappa shape index (κ1) is 29.6. The van der Waals surface area contributed by atoms with Crippen molar-refractivity contribution in [2.45, 2.75) is 97.1 Å². The van der Waals surface area contributed by atoms with Gasteiger partial charge in [-0.1, -0.05) is 20.8 Å². The summed E-state index contributed by atoms with van der Waals surface area (Å²) in [6.45, 7) is 20.7. The van der Waals surface area contributed by atoms with E-state index in [4.69, 9.17) is 18.9 Å². The van der Waals surface area contributed by atoms with Crippen molar-refractivity contribution in [3.8, 4) is 5.75 Å². The van der Waals surface area contributed by atoms with Crippen molar-refractivity contribution in [3.63, 3.8) is 0 Å². The number of likely N-dealkylation sites (tertiary alicyclic amines) is 2. The Morgan fingerprint density at radius 1 is 1.10 bits per heavy atom. The minimum Gasteiger partial charge on any atom is -0.497 e. The number of hydrogen-bond donors (Lipinski definition) is 0. The van der Waals surface area contributed by atoms with Crippen molar-refractivity contribution in [1.29, 1.82) is 0 Å². The number of benzene rings is 1. The third kappa shape index (κ3) is 5.75. The number of piperidine rings is 2. The number of methoxy groups -OCH3 is 1. The van der Waals surface area contributed by atoms with Gasteiger partial charge in [-0.25, -0.2) is 4.79 Å². The summed E-state index contributed by atoms with van der Waals surface area (Å²) in [6, 6.07) is 5.73. The van der Waals surface area contributed by atoms with Crippen molar-refractivity contribution in [2.75, 3.05) is 33.4 Å². The van der Waals surface area contributed by atoms with Crippen LogP contribution in [0, 0.1) is 5.41 Å². The molecule has 0 radical (unpaired) electrons. The van der Waals surface area contributed by atoms with Crippen molar-refractivity contribution in [3.05, 3.63) is 28.8 Å². The van der Waals surface area contributed by atoms with Gasteiger partial charge >= 0.3 is 6.09 Å². The summed E-state index contributed by atoms with van der Waals surface area (Å²) in [4.78, 5) is 35.1. The summed E-state index contributed by atoms with van der Waals surface area (Å²) in [7, 11) is -0.383. The Morgan fingerprint density at radius 3 is 2.28 bits per heavy atom. The van der Waals surface area contributed by atoms with Crippen LogP contribution in [-0.4, -0.2) is 81.2 Å². The van der Waals surface area contributed by atoms with Gasteiger partial charge in [0.15, 0.2) is 8.32 Å². The van der Waals surface area contributed by atoms with E-state index in [1.807, 2.05) is 37.8 Å². The van der Waals surface area contributed by atoms with Gasteiger partial charge in [-0.3, -0.25) is 9.79 Å². The van der Waals surface area contributed by atoms with E-state index < -0.39 is 13.9 Å². The van der Waals surface area contributed by atoms with E-state index in [0.717, 1.165) is 29.2 Å². The van der Waals surface area contributed by atoms with E-state index in [9.17, 15) is 9.59 Å². The average Bonchev–Trinajstić information content (AvgIpc) is 3.21. The summed E-state index contributed by atoms with van der Waals surface area (Å²) in [5.74, 6) is 0.804. The number of hydrogen-bond acceptors (Lipinski definition) is 6. The zero-order valence-corrected chi connectivity index (χ0v) is 26.5. The van der Waals surface area contributed by atoms with Gasteiger partial charge in [-0.2, -0.15) is 0 Å². The Hall–Kier alpha value is -2.39. The average molecular weight is 558 g/mol. The quantitative estimate of drug-likeness (QED) is 0.521. The summed E-state index contributed by atoms with van der Waals surface area (Å²) in [5, 5.41) is 2.10. The van der Waals surface area contributed by atoms with Gasteiger partial charge in [-0.15, -0.1) is 0 Å². The van der Waals surface area contributed by atoms with Gasteiger partial charge in [0.05, 0.1) is 31.2 Å². The second-order valence-corrected chi connectivity index (χ2v) is 18.7. The van der Waals surface area contributed by atoms with Crippen LogP contribution in [-0.2, 0) is 14.0 Å². The van der Waals surface area contributed by atoms with Gasteiger partial charge in [-0.05, 0) is 69.5 Å². The zero-order chi connectivity index (χ0) is 29.0. The number of fused-ring (bicyclic) bond motifs is 3. The zero-order valence-electron chi connectivity index (χ0n) is 25.5. The Kier molecular flexibility index (Phi) is 7.75. The smallest absolute Gasteiger partial charge is 0.410 e. The minimum absolute atomic E-state index is 0.0376. The Balaban J connectivity index is 1.73. The first-order valence-corrected chi connectivity index (χ1v) is 17.0. The molecule has 8 nitrogen and oxygen atoms in total. The molecule has 2 amide bonds. The maximum Gasteiger partial charge on any atom is 0.410 e. The van der Waals surface area contributed by atoms with Crippen LogP contribution in [0.1, 0.15) is 61.3 Å². The molecule has 0 saturated carbocycles. The predicted octanol–water partition coefficient (Wildman–Crippen LogP) is 4.12. The molecule has 3 heterocycles. The lowest BCUT2D eigenvalue weighted by atomic mass is 9.65. The summed E-state index contributed by atoms with van der Waals surface area (Å²) in [5.41, 5.74) is 0.471. The molecule has 2 atom stereocenters. The first-order chi connectivity index (χ1) is 18.0. The fourth-order valence-corrected chi connectivity index (χ4v) is 6.85. The predicted molar refractivity (Wildman–Crippen MR) is 155 cm³/mol. The number of ether oxygens (including phenoxy) is 2. The highest BCUT2D eigenvalue weighted by molar-refractivity contribution is 6.74. The molecular formula is C30H47N3O5Si. The Bertz CT molecular complexity index is 1240. The van der Waals surface area contributed by atoms with Crippen LogP contribution >= 0.6 is 0 Å². The van der Waals surface area contributed by atoms with E-state index in [1.165, 1.54) is 5.57 Å². The third-order valence-corrected chi connectivity index (χ3v) is 13.6. The van der Waals surface area contributed by atoms with Crippen LogP contribution in [0.15, 0.2) is 23.2 Å². The molecule has 0 aromatic heterocycles. The fourth-order valence-electron chi connectivity index (χ4n) is 5.83. The van der Waals surface area contributed by atoms with Gasteiger partial charge in [0.2, 0.25) is 5.91 Å². The van der Waals surface area contributed by atoms with Crippen LogP contribution < -0.4 is 15.3 Å². The lowest BCUT2D eigenvalue weighted by Gasteiger charge is -2.53. The second-order valence-electron chi connectivity index (χ2n) is 13.9. The van der Waals surface area contributed by atoms with Crippen molar-refractivity contribution in [2.24, 2.45) is 10.4 Å². The van der Waals surface area contributed by atoms with E-state index >= 15 is 0 Å². The Labute approximate surface area is 234 Å². The van der Waals surface area contributed by atoms with Crippen molar-refractivity contribution < 1.29 is 23.5 Å². The van der Waals surface area contributed by atoms with Crippen LogP contribution in [0.4, 0.5) is 4.79 Å². The largest absolute Gasteiger partial charge is 0.497 e. The lowest BCUT2D eigenvalue weighted by Crippen LogP contribution is -2.62. The summed E-state index contributed by atoms with van der Waals surface area (Å²) < 4.78 is 17.9. The van der Waals surface area contributed by atoms with Gasteiger partial charge in [0.1, 0.15) is 11.4 Å². The lowest BCUT2D eigenvalue weighted by molar-refractivity contribution is -0.135. The summed E-state index contributed by atoms with van der Waals surface area (Å²) >= 11 is 0. The molecule has 3 aliphatic rings. The molecule has 4 rings (SSSR count). The molecule has 3 aliphatic heterocycles. The van der Waals surface area contributed by atoms with Crippen LogP contribution in [0.25, 0.3) is 5.57 Å². The first-order valence-electron chi connectivity index (χ1n) is 14.1. The molecular weight excluding hydrogens is 510 g/mol. The van der Waals surface area contributed by atoms with E-state index in [2.05, 4.69) is 39.9 Å². The monoisotopic (exact) mass is 557 g/mol. The minimum atomic E-state index is -2.05. The van der Waals surface area contributed by atoms with Gasteiger partial charge in [0, 0.05) is 43.3 Å². The molecule has 0 aliphatic carbocycles. The maximum absolute atomic E-state index is 13.2. The van der Waals surface area contributed by atoms with Gasteiger partial charge in [0.25, 0.3) is 0 Å². The van der Waals surface area contributed by atoms with E-state index in [-0.39, 0.29) is 34.5 Å². The molecule has 39 heavy (non-hydrogen) atoms. The highest BCUT2D eigenvalue weighted by Gasteiger charge is 2.53. The topological polar surface area (TPSA) is 80.7 Å². The molecule has 0 N–H and O–H groups in total. The fraction of sp³-hybridized carbons (Fsp3) is 0.700. The number of nitrogens with zero attached hydrogens (tertiary/aromatic N) is 3. The van der Waals surface area contributed by atoms with E-state index in [1.54, 1.807) is 18.9 Å². The Morgan fingerprint density at radius 2 is 1.74 bits per heavy atom. The SMILES string of the molecule is COc1ccc2c(c1)=NC1C=2C2(CCN(C(=O)OC(C)(C)C)CC2)CN(C(C)=O)[C@H]1CO[Si](C)(C)C(C)(C)C. The molecule has 1 aromatic rings. The highest BCUT2D eigenvalue weighted by Crippen LogP contribution is 2.48. The number of carbonyl (C=O) groups excluding carboxylic acids is 2. The maximum atomic E-state index is 13.2.